The number of alkyl halides is 6. The maximum Gasteiger partial charge on any atom is 0.458 e. The van der Waals surface area contributed by atoms with Gasteiger partial charge in [-0.2, -0.15) is 26.3 Å². The van der Waals surface area contributed by atoms with Crippen LogP contribution in [0.1, 0.15) is 12.5 Å². The second-order valence-corrected chi connectivity index (χ2v) is 3.92. The Kier molecular flexibility index (Phi) is 7.36. The van der Waals surface area contributed by atoms with Crippen molar-refractivity contribution in [1.82, 2.24) is 10.3 Å². The molecule has 0 spiro atoms. The second-order valence-electron chi connectivity index (χ2n) is 3.92. The third kappa shape index (κ3) is 8.53. The van der Waals surface area contributed by atoms with E-state index >= 15 is 0 Å². The lowest BCUT2D eigenvalue weighted by atomic mass is 10.2. The molecule has 0 radical (unpaired) electrons. The molecule has 5 nitrogen and oxygen atoms in total. The van der Waals surface area contributed by atoms with Crippen LogP contribution in [0.4, 0.5) is 26.3 Å². The molecule has 1 N–H and O–H groups in total. The smallest absolute Gasteiger partial charge is 0.352 e. The van der Waals surface area contributed by atoms with E-state index in [0.717, 1.165) is 5.56 Å². The number of halogens is 6. The SMILES string of the molecule is CC(=O)NCc1ccncc1.O=C(C(=O)C(F)(F)F)C(F)(F)F. The van der Waals surface area contributed by atoms with Gasteiger partial charge >= 0.3 is 23.9 Å². The maximum atomic E-state index is 11.2. The van der Waals surface area contributed by atoms with Gasteiger partial charge in [-0.05, 0) is 17.7 Å². The van der Waals surface area contributed by atoms with E-state index in [1.807, 2.05) is 12.1 Å². The van der Waals surface area contributed by atoms with Crippen molar-refractivity contribution in [2.45, 2.75) is 25.8 Å². The summed E-state index contributed by atoms with van der Waals surface area (Å²) in [6, 6.07) is 3.74. The van der Waals surface area contributed by atoms with Crippen LogP contribution < -0.4 is 5.32 Å². The van der Waals surface area contributed by atoms with Crippen LogP contribution in [0.2, 0.25) is 0 Å². The van der Waals surface area contributed by atoms with Crippen molar-refractivity contribution in [2.24, 2.45) is 0 Å². The third-order valence-corrected chi connectivity index (χ3v) is 2.01. The normalized spacial score (nSPS) is 11.1. The van der Waals surface area contributed by atoms with Gasteiger partial charge in [-0.15, -0.1) is 0 Å². The number of hydrogen-bond acceptors (Lipinski definition) is 4. The van der Waals surface area contributed by atoms with Crippen LogP contribution in [0.15, 0.2) is 24.5 Å². The van der Waals surface area contributed by atoms with Gasteiger partial charge in [0.2, 0.25) is 5.91 Å². The number of nitrogens with one attached hydrogen (secondary N) is 1. The highest BCUT2D eigenvalue weighted by molar-refractivity contribution is 6.41. The molecule has 1 rings (SSSR count). The number of nitrogens with zero attached hydrogens (tertiary/aromatic N) is 1. The quantitative estimate of drug-likeness (QED) is 0.672. The number of carbonyl (C=O) groups excluding carboxylic acids is 3. The number of Topliss-reactive ketones (excluding diaryl/α,β-unsaturated/α-hetero) is 2. The first-order valence-corrected chi connectivity index (χ1v) is 5.71. The van der Waals surface area contributed by atoms with Crippen LogP contribution in [0.5, 0.6) is 0 Å². The minimum atomic E-state index is -5.77. The number of carbonyl (C=O) groups is 3. The van der Waals surface area contributed by atoms with Crippen molar-refractivity contribution in [3.8, 4) is 0 Å². The molecule has 0 aliphatic heterocycles. The van der Waals surface area contributed by atoms with Gasteiger partial charge in [0.1, 0.15) is 0 Å². The third-order valence-electron chi connectivity index (χ3n) is 2.01. The van der Waals surface area contributed by atoms with Crippen LogP contribution in [-0.4, -0.2) is 34.8 Å². The molecule has 0 fully saturated rings. The Balaban J connectivity index is 0.000000422. The van der Waals surface area contributed by atoms with E-state index in [2.05, 4.69) is 10.3 Å². The highest BCUT2D eigenvalue weighted by Crippen LogP contribution is 2.23. The Morgan fingerprint density at radius 3 is 1.65 bits per heavy atom. The fourth-order valence-corrected chi connectivity index (χ4v) is 0.985. The van der Waals surface area contributed by atoms with Crippen LogP contribution in [0.3, 0.4) is 0 Å². The summed E-state index contributed by atoms with van der Waals surface area (Å²) in [5, 5.41) is 2.70. The number of aromatic nitrogens is 1. The van der Waals surface area contributed by atoms with E-state index in [1.54, 1.807) is 12.4 Å². The average Bonchev–Trinajstić information content (AvgIpc) is 2.43. The van der Waals surface area contributed by atoms with Crippen molar-refractivity contribution < 1.29 is 40.7 Å². The summed E-state index contributed by atoms with van der Waals surface area (Å²) >= 11 is 0. The second kappa shape index (κ2) is 8.25. The first kappa shape index (κ1) is 20.5. The molecule has 0 bridgehead atoms. The lowest BCUT2D eigenvalue weighted by Gasteiger charge is -2.05. The minimum absolute atomic E-state index is 0.0122. The van der Waals surface area contributed by atoms with E-state index in [0.29, 0.717) is 6.54 Å². The average molecular weight is 344 g/mol. The summed E-state index contributed by atoms with van der Waals surface area (Å²) in [5.74, 6) is -6.83. The molecule has 23 heavy (non-hydrogen) atoms. The molecule has 1 aromatic rings. The monoisotopic (exact) mass is 344 g/mol. The van der Waals surface area contributed by atoms with Gasteiger partial charge in [-0.3, -0.25) is 19.4 Å². The number of rotatable bonds is 3. The van der Waals surface area contributed by atoms with Gasteiger partial charge in [0.25, 0.3) is 0 Å². The Labute approximate surface area is 125 Å². The summed E-state index contributed by atoms with van der Waals surface area (Å²) < 4.78 is 67.0. The zero-order valence-corrected chi connectivity index (χ0v) is 11.5. The summed E-state index contributed by atoms with van der Waals surface area (Å²) in [5.41, 5.74) is 1.07. The van der Waals surface area contributed by atoms with Crippen molar-refractivity contribution >= 4 is 17.5 Å². The highest BCUT2D eigenvalue weighted by Gasteiger charge is 2.54. The van der Waals surface area contributed by atoms with Crippen molar-refractivity contribution in [1.29, 1.82) is 0 Å². The Morgan fingerprint density at radius 2 is 1.35 bits per heavy atom. The van der Waals surface area contributed by atoms with Crippen molar-refractivity contribution in [3.05, 3.63) is 30.1 Å². The molecule has 1 amide bonds. The Morgan fingerprint density at radius 1 is 0.957 bits per heavy atom. The van der Waals surface area contributed by atoms with Gasteiger partial charge in [-0.1, -0.05) is 0 Å². The first-order chi connectivity index (χ1) is 10.4. The molecule has 0 aromatic carbocycles. The van der Waals surface area contributed by atoms with Crippen LogP contribution in [0, 0.1) is 0 Å². The molecular formula is C12H10F6N2O3. The summed E-state index contributed by atoms with van der Waals surface area (Å²) in [4.78, 5) is 33.6. The largest absolute Gasteiger partial charge is 0.458 e. The molecule has 0 aliphatic carbocycles. The van der Waals surface area contributed by atoms with E-state index in [1.165, 1.54) is 6.92 Å². The lowest BCUT2D eigenvalue weighted by Crippen LogP contribution is -2.39. The van der Waals surface area contributed by atoms with Crippen LogP contribution >= 0.6 is 0 Å². The molecular weight excluding hydrogens is 334 g/mol. The predicted octanol–water partition coefficient (Wildman–Crippen LogP) is 1.97. The Hall–Kier alpha value is -2.46. The van der Waals surface area contributed by atoms with Crippen molar-refractivity contribution in [2.75, 3.05) is 0 Å². The summed E-state index contributed by atoms with van der Waals surface area (Å²) in [7, 11) is 0. The van der Waals surface area contributed by atoms with E-state index in [4.69, 9.17) is 0 Å². The standard InChI is InChI=1S/C8H10N2O.C4F6O2/c1-7(11)10-6-8-2-4-9-5-3-8;5-3(6,7)1(11)2(12)4(8,9)10/h2-5H,6H2,1H3,(H,10,11);. The highest BCUT2D eigenvalue weighted by atomic mass is 19.4. The lowest BCUT2D eigenvalue weighted by molar-refractivity contribution is -0.193. The molecule has 0 aliphatic rings. The summed E-state index contributed by atoms with van der Waals surface area (Å²) in [6.07, 6.45) is -8.13. The van der Waals surface area contributed by atoms with E-state index < -0.39 is 23.9 Å². The molecule has 0 saturated heterocycles. The van der Waals surface area contributed by atoms with Crippen molar-refractivity contribution in [3.63, 3.8) is 0 Å². The molecule has 1 aromatic heterocycles. The number of pyridine rings is 1. The van der Waals surface area contributed by atoms with E-state index in [9.17, 15) is 40.7 Å². The number of hydrogen-bond donors (Lipinski definition) is 1. The molecule has 0 atom stereocenters. The summed E-state index contributed by atoms with van der Waals surface area (Å²) in [6.45, 7) is 2.08. The topological polar surface area (TPSA) is 76.1 Å². The van der Waals surface area contributed by atoms with Gasteiger partial charge in [0, 0.05) is 25.9 Å². The van der Waals surface area contributed by atoms with E-state index in [-0.39, 0.29) is 5.91 Å². The zero-order chi connectivity index (χ0) is 18.3. The fraction of sp³-hybridized carbons (Fsp3) is 0.333. The predicted molar refractivity (Wildman–Crippen MR) is 63.9 cm³/mol. The molecule has 0 unspecified atom stereocenters. The Bertz CT molecular complexity index is 530. The minimum Gasteiger partial charge on any atom is -0.352 e. The molecule has 128 valence electrons. The van der Waals surface area contributed by atoms with Gasteiger partial charge in [0.05, 0.1) is 0 Å². The van der Waals surface area contributed by atoms with Crippen LogP contribution in [-0.2, 0) is 20.9 Å². The fourth-order valence-electron chi connectivity index (χ4n) is 0.985. The van der Waals surface area contributed by atoms with Gasteiger partial charge < -0.3 is 5.32 Å². The van der Waals surface area contributed by atoms with Gasteiger partial charge in [0.15, 0.2) is 0 Å². The number of ketones is 2. The molecule has 0 saturated carbocycles. The zero-order valence-electron chi connectivity index (χ0n) is 11.5. The maximum absolute atomic E-state index is 11.2. The first-order valence-electron chi connectivity index (χ1n) is 5.71. The molecule has 11 heteroatoms. The number of amides is 1. The van der Waals surface area contributed by atoms with Gasteiger partial charge in [-0.25, -0.2) is 0 Å². The van der Waals surface area contributed by atoms with Crippen LogP contribution in [0.25, 0.3) is 0 Å². The molecule has 1 heterocycles.